The van der Waals surface area contributed by atoms with Gasteiger partial charge in [-0.2, -0.15) is 10.4 Å². The first-order valence-corrected chi connectivity index (χ1v) is 14.1. The lowest BCUT2D eigenvalue weighted by Gasteiger charge is -2.47. The Morgan fingerprint density at radius 1 is 1.17 bits per heavy atom. The van der Waals surface area contributed by atoms with Crippen molar-refractivity contribution in [2.75, 3.05) is 0 Å². The molecule has 0 atom stereocenters. The van der Waals surface area contributed by atoms with E-state index in [1.165, 1.54) is 0 Å². The lowest BCUT2D eigenvalue weighted by Crippen LogP contribution is -2.63. The zero-order valence-corrected chi connectivity index (χ0v) is 24.9. The molecule has 4 aromatic rings. The van der Waals surface area contributed by atoms with Crippen molar-refractivity contribution in [1.82, 2.24) is 30.2 Å². The SMILES string of the molecule is CCC1(NC(=O)OC(C)(C)C)CC(NC(=O)c2ccn3nc(-c4cccc(C#N)c4)c(-c4cc(C)nc(Cl)c4)c3n2)C1. The maximum Gasteiger partial charge on any atom is 0.408 e. The van der Waals surface area contributed by atoms with Gasteiger partial charge in [0, 0.05) is 29.0 Å². The number of aromatic nitrogens is 4. The average Bonchev–Trinajstić information content (AvgIpc) is 3.29. The maximum atomic E-state index is 13.3. The quantitative estimate of drug-likeness (QED) is 0.271. The second-order valence-electron chi connectivity index (χ2n) is 11.7. The number of amides is 2. The van der Waals surface area contributed by atoms with E-state index in [2.05, 4.69) is 21.7 Å². The Kier molecular flexibility index (Phi) is 7.64. The minimum atomic E-state index is -0.591. The molecule has 0 radical (unpaired) electrons. The number of hydrogen-bond acceptors (Lipinski definition) is 7. The summed E-state index contributed by atoms with van der Waals surface area (Å²) < 4.78 is 7.03. The predicted octanol–water partition coefficient (Wildman–Crippen LogP) is 5.86. The molecule has 1 saturated carbocycles. The molecule has 3 heterocycles. The van der Waals surface area contributed by atoms with Gasteiger partial charge in [0.1, 0.15) is 22.1 Å². The molecular weight excluding hydrogens is 554 g/mol. The van der Waals surface area contributed by atoms with Crippen LogP contribution in [0.25, 0.3) is 28.0 Å². The number of nitrogens with zero attached hydrogens (tertiary/aromatic N) is 5. The number of aryl methyl sites for hydroxylation is 1. The second kappa shape index (κ2) is 11.1. The fraction of sp³-hybridized carbons (Fsp3) is 0.355. The summed E-state index contributed by atoms with van der Waals surface area (Å²) in [6, 6.07) is 14.4. The third kappa shape index (κ3) is 6.06. The molecule has 2 N–H and O–H groups in total. The Bertz CT molecular complexity index is 1710. The van der Waals surface area contributed by atoms with Crippen LogP contribution in [0.5, 0.6) is 0 Å². The number of alkyl carbamates (subject to hydrolysis) is 1. The number of benzene rings is 1. The van der Waals surface area contributed by atoms with Crippen molar-refractivity contribution in [3.05, 3.63) is 70.8 Å². The molecule has 216 valence electrons. The number of carbonyl (C=O) groups is 2. The van der Waals surface area contributed by atoms with E-state index in [4.69, 9.17) is 26.4 Å². The van der Waals surface area contributed by atoms with Gasteiger partial charge in [-0.05, 0) is 82.9 Å². The number of halogens is 1. The molecular formula is C31H32ClN7O3. The first kappa shape index (κ1) is 29.0. The normalized spacial score (nSPS) is 18.2. The molecule has 0 spiro atoms. The Morgan fingerprint density at radius 2 is 1.93 bits per heavy atom. The smallest absolute Gasteiger partial charge is 0.408 e. The highest BCUT2D eigenvalue weighted by molar-refractivity contribution is 6.29. The van der Waals surface area contributed by atoms with Crippen LogP contribution < -0.4 is 10.6 Å². The van der Waals surface area contributed by atoms with Gasteiger partial charge in [-0.15, -0.1) is 0 Å². The maximum absolute atomic E-state index is 13.3. The summed E-state index contributed by atoms with van der Waals surface area (Å²) in [7, 11) is 0. The van der Waals surface area contributed by atoms with Gasteiger partial charge < -0.3 is 15.4 Å². The highest BCUT2D eigenvalue weighted by Gasteiger charge is 2.45. The molecule has 5 rings (SSSR count). The number of rotatable bonds is 6. The Balaban J connectivity index is 1.44. The summed E-state index contributed by atoms with van der Waals surface area (Å²) in [5.74, 6) is -0.325. The highest BCUT2D eigenvalue weighted by Crippen LogP contribution is 2.37. The van der Waals surface area contributed by atoms with Crippen molar-refractivity contribution in [3.8, 4) is 28.5 Å². The summed E-state index contributed by atoms with van der Waals surface area (Å²) in [6.07, 6.45) is 3.11. The number of nitriles is 1. The molecule has 42 heavy (non-hydrogen) atoms. The number of ether oxygens (including phenoxy) is 1. The lowest BCUT2D eigenvalue weighted by molar-refractivity contribution is 0.0326. The zero-order valence-electron chi connectivity index (χ0n) is 24.2. The van der Waals surface area contributed by atoms with E-state index < -0.39 is 17.2 Å². The van der Waals surface area contributed by atoms with Crippen LogP contribution in [0.4, 0.5) is 4.79 Å². The number of fused-ring (bicyclic) bond motifs is 1. The van der Waals surface area contributed by atoms with Crippen molar-refractivity contribution in [3.63, 3.8) is 0 Å². The fourth-order valence-corrected chi connectivity index (χ4v) is 5.53. The third-order valence-electron chi connectivity index (χ3n) is 7.25. The van der Waals surface area contributed by atoms with Crippen molar-refractivity contribution in [1.29, 1.82) is 5.26 Å². The average molecular weight is 586 g/mol. The van der Waals surface area contributed by atoms with Gasteiger partial charge in [0.2, 0.25) is 0 Å². The summed E-state index contributed by atoms with van der Waals surface area (Å²) in [5, 5.41) is 20.6. The Labute approximate surface area is 249 Å². The minimum Gasteiger partial charge on any atom is -0.444 e. The van der Waals surface area contributed by atoms with E-state index in [0.717, 1.165) is 11.1 Å². The number of carbonyl (C=O) groups excluding carboxylic acids is 2. The van der Waals surface area contributed by atoms with Crippen molar-refractivity contribution in [2.45, 2.75) is 71.1 Å². The van der Waals surface area contributed by atoms with Crippen LogP contribution in [0.2, 0.25) is 5.15 Å². The molecule has 0 aliphatic heterocycles. The van der Waals surface area contributed by atoms with Crippen LogP contribution >= 0.6 is 11.6 Å². The van der Waals surface area contributed by atoms with Crippen molar-refractivity contribution < 1.29 is 14.3 Å². The molecule has 3 aromatic heterocycles. The molecule has 1 aliphatic rings. The zero-order chi connectivity index (χ0) is 30.2. The summed E-state index contributed by atoms with van der Waals surface area (Å²) in [4.78, 5) is 34.7. The van der Waals surface area contributed by atoms with Crippen LogP contribution in [0, 0.1) is 18.3 Å². The van der Waals surface area contributed by atoms with Crippen LogP contribution in [0.15, 0.2) is 48.7 Å². The topological polar surface area (TPSA) is 134 Å². The van der Waals surface area contributed by atoms with Crippen LogP contribution in [-0.2, 0) is 4.74 Å². The molecule has 10 nitrogen and oxygen atoms in total. The van der Waals surface area contributed by atoms with E-state index in [1.54, 1.807) is 41.0 Å². The standard InChI is InChI=1S/C31H32ClN7O3/c1-6-31(37-29(41)42-30(3,4)5)15-22(16-31)35-28(40)23-10-11-39-27(36-23)25(21-12-18(2)34-24(32)14-21)26(38-39)20-9-7-8-19(13-20)17-33/h7-14,22H,6,15-16H2,1-5H3,(H,35,40)(H,37,41). The van der Waals surface area contributed by atoms with Crippen molar-refractivity contribution >= 4 is 29.2 Å². The minimum absolute atomic E-state index is 0.124. The van der Waals surface area contributed by atoms with Gasteiger partial charge in [-0.25, -0.2) is 19.3 Å². The third-order valence-corrected chi connectivity index (χ3v) is 7.44. The predicted molar refractivity (Wildman–Crippen MR) is 159 cm³/mol. The molecule has 0 unspecified atom stereocenters. The summed E-state index contributed by atoms with van der Waals surface area (Å²) >= 11 is 6.32. The van der Waals surface area contributed by atoms with E-state index in [1.807, 2.05) is 46.8 Å². The molecule has 2 amide bonds. The molecule has 1 aliphatic carbocycles. The van der Waals surface area contributed by atoms with E-state index in [0.29, 0.717) is 52.6 Å². The summed E-state index contributed by atoms with van der Waals surface area (Å²) in [5.41, 5.74) is 3.62. The first-order chi connectivity index (χ1) is 19.9. The Hall–Kier alpha value is -4.49. The van der Waals surface area contributed by atoms with Gasteiger partial charge in [0.15, 0.2) is 5.65 Å². The molecule has 0 bridgehead atoms. The molecule has 1 fully saturated rings. The summed E-state index contributed by atoms with van der Waals surface area (Å²) in [6.45, 7) is 9.31. The van der Waals surface area contributed by atoms with Gasteiger partial charge in [-0.1, -0.05) is 30.7 Å². The fourth-order valence-electron chi connectivity index (χ4n) is 5.28. The number of hydrogen-bond donors (Lipinski definition) is 2. The van der Waals surface area contributed by atoms with Gasteiger partial charge in [-0.3, -0.25) is 4.79 Å². The monoisotopic (exact) mass is 585 g/mol. The van der Waals surface area contributed by atoms with E-state index in [9.17, 15) is 14.9 Å². The van der Waals surface area contributed by atoms with Gasteiger partial charge >= 0.3 is 6.09 Å². The lowest BCUT2D eigenvalue weighted by atomic mass is 9.71. The van der Waals surface area contributed by atoms with Crippen LogP contribution in [0.1, 0.15) is 68.7 Å². The number of nitrogens with one attached hydrogen (secondary N) is 2. The van der Waals surface area contributed by atoms with Gasteiger partial charge in [0.05, 0.1) is 17.2 Å². The van der Waals surface area contributed by atoms with Crippen molar-refractivity contribution in [2.24, 2.45) is 0 Å². The van der Waals surface area contributed by atoms with E-state index in [-0.39, 0.29) is 17.6 Å². The first-order valence-electron chi connectivity index (χ1n) is 13.7. The Morgan fingerprint density at radius 3 is 2.60 bits per heavy atom. The van der Waals surface area contributed by atoms with E-state index >= 15 is 0 Å². The van der Waals surface area contributed by atoms with Crippen LogP contribution in [0.3, 0.4) is 0 Å². The molecule has 0 saturated heterocycles. The molecule has 11 heteroatoms. The largest absolute Gasteiger partial charge is 0.444 e. The number of pyridine rings is 1. The second-order valence-corrected chi connectivity index (χ2v) is 12.0. The highest BCUT2D eigenvalue weighted by atomic mass is 35.5. The van der Waals surface area contributed by atoms with Crippen LogP contribution in [-0.4, -0.2) is 48.8 Å². The van der Waals surface area contributed by atoms with Gasteiger partial charge in [0.25, 0.3) is 5.91 Å². The molecule has 1 aromatic carbocycles.